The van der Waals surface area contributed by atoms with Crippen LogP contribution >= 0.6 is 11.6 Å². The highest BCUT2D eigenvalue weighted by Gasteiger charge is 2.30. The molecule has 164 valence electrons. The Bertz CT molecular complexity index is 1090. The van der Waals surface area contributed by atoms with Crippen LogP contribution in [0.15, 0.2) is 36.5 Å². The summed E-state index contributed by atoms with van der Waals surface area (Å²) in [4.78, 5) is 18.7. The van der Waals surface area contributed by atoms with E-state index in [1.165, 1.54) is 12.3 Å². The summed E-state index contributed by atoms with van der Waals surface area (Å²) in [5, 5.41) is 5.20. The van der Waals surface area contributed by atoms with Gasteiger partial charge in [0.15, 0.2) is 0 Å². The number of amides is 1. The van der Waals surface area contributed by atoms with Crippen molar-refractivity contribution in [1.29, 1.82) is 0 Å². The van der Waals surface area contributed by atoms with Crippen LogP contribution in [-0.2, 0) is 17.7 Å². The lowest BCUT2D eigenvalue weighted by atomic mass is 10.1. The molecule has 0 saturated carbocycles. The standard InChI is InChI=1S/C21H20ClF3N4O2/c22-15-4-1-3-14(9-15)10-17-16-12-26-18(20(30)28-5-2-7-31-8-6-28)11-19(16)29(27-17)13-21(23,24)25/h1,3-4,9,11-12H,2,5-8,10,13H2. The van der Waals surface area contributed by atoms with E-state index in [-0.39, 0.29) is 17.1 Å². The van der Waals surface area contributed by atoms with Gasteiger partial charge in [-0.2, -0.15) is 18.3 Å². The number of hydrogen-bond donors (Lipinski definition) is 0. The highest BCUT2D eigenvalue weighted by molar-refractivity contribution is 6.30. The first-order chi connectivity index (χ1) is 14.8. The van der Waals surface area contributed by atoms with Crippen LogP contribution in [0.2, 0.25) is 5.02 Å². The minimum atomic E-state index is -4.46. The normalized spacial score (nSPS) is 15.3. The molecule has 1 amide bonds. The minimum absolute atomic E-state index is 0.0898. The SMILES string of the molecule is O=C(c1cc2c(cn1)c(Cc1cccc(Cl)c1)nn2CC(F)(F)F)N1CCCOCC1. The van der Waals surface area contributed by atoms with E-state index in [1.54, 1.807) is 23.1 Å². The highest BCUT2D eigenvalue weighted by Crippen LogP contribution is 2.26. The lowest BCUT2D eigenvalue weighted by Crippen LogP contribution is -2.33. The largest absolute Gasteiger partial charge is 0.408 e. The van der Waals surface area contributed by atoms with Gasteiger partial charge in [-0.1, -0.05) is 23.7 Å². The zero-order valence-corrected chi connectivity index (χ0v) is 17.3. The smallest absolute Gasteiger partial charge is 0.380 e. The summed E-state index contributed by atoms with van der Waals surface area (Å²) >= 11 is 6.02. The molecule has 0 N–H and O–H groups in total. The first kappa shape index (κ1) is 21.6. The van der Waals surface area contributed by atoms with E-state index in [4.69, 9.17) is 16.3 Å². The summed E-state index contributed by atoms with van der Waals surface area (Å²) in [6.07, 6.45) is -2.04. The van der Waals surface area contributed by atoms with Crippen molar-refractivity contribution in [3.05, 3.63) is 58.5 Å². The van der Waals surface area contributed by atoms with Gasteiger partial charge in [0, 0.05) is 42.7 Å². The van der Waals surface area contributed by atoms with Gasteiger partial charge in [0.2, 0.25) is 0 Å². The van der Waals surface area contributed by atoms with E-state index >= 15 is 0 Å². The molecule has 3 aromatic rings. The van der Waals surface area contributed by atoms with Crippen molar-refractivity contribution in [2.45, 2.75) is 25.6 Å². The molecule has 3 heterocycles. The number of halogens is 4. The molecule has 4 rings (SSSR count). The number of alkyl halides is 3. The average molecular weight is 453 g/mol. The van der Waals surface area contributed by atoms with Gasteiger partial charge < -0.3 is 9.64 Å². The second-order valence-electron chi connectivity index (χ2n) is 7.37. The molecule has 1 saturated heterocycles. The Kier molecular flexibility index (Phi) is 6.15. The number of benzene rings is 1. The molecular weight excluding hydrogens is 433 g/mol. The van der Waals surface area contributed by atoms with Crippen LogP contribution in [0.5, 0.6) is 0 Å². The van der Waals surface area contributed by atoms with Crippen molar-refractivity contribution in [2.75, 3.05) is 26.3 Å². The number of rotatable bonds is 4. The summed E-state index contributed by atoms with van der Waals surface area (Å²) in [6, 6.07) is 8.45. The number of pyridine rings is 1. The van der Waals surface area contributed by atoms with E-state index < -0.39 is 12.7 Å². The van der Waals surface area contributed by atoms with Gasteiger partial charge in [0.25, 0.3) is 5.91 Å². The van der Waals surface area contributed by atoms with Gasteiger partial charge in [-0.3, -0.25) is 14.5 Å². The van der Waals surface area contributed by atoms with E-state index in [0.717, 1.165) is 10.2 Å². The first-order valence-electron chi connectivity index (χ1n) is 9.84. The molecule has 0 atom stereocenters. The Morgan fingerprint density at radius 1 is 1.19 bits per heavy atom. The predicted molar refractivity (Wildman–Crippen MR) is 109 cm³/mol. The number of hydrogen-bond acceptors (Lipinski definition) is 4. The Morgan fingerprint density at radius 2 is 2.03 bits per heavy atom. The van der Waals surface area contributed by atoms with Crippen LogP contribution in [-0.4, -0.2) is 58.1 Å². The predicted octanol–water partition coefficient (Wildman–Crippen LogP) is 4.10. The van der Waals surface area contributed by atoms with Gasteiger partial charge in [-0.05, 0) is 30.2 Å². The third-order valence-corrected chi connectivity index (χ3v) is 5.27. The quantitative estimate of drug-likeness (QED) is 0.598. The fourth-order valence-electron chi connectivity index (χ4n) is 3.62. The van der Waals surface area contributed by atoms with Crippen LogP contribution in [0, 0.1) is 0 Å². The highest BCUT2D eigenvalue weighted by atomic mass is 35.5. The molecule has 10 heteroatoms. The number of nitrogens with zero attached hydrogens (tertiary/aromatic N) is 4. The van der Waals surface area contributed by atoms with E-state index in [2.05, 4.69) is 10.1 Å². The minimum Gasteiger partial charge on any atom is -0.380 e. The van der Waals surface area contributed by atoms with Gasteiger partial charge in [-0.25, -0.2) is 0 Å². The van der Waals surface area contributed by atoms with Gasteiger partial charge >= 0.3 is 6.18 Å². The lowest BCUT2D eigenvalue weighted by molar-refractivity contribution is -0.141. The maximum absolute atomic E-state index is 13.2. The number of aromatic nitrogens is 3. The molecule has 0 unspecified atom stereocenters. The molecule has 1 aromatic carbocycles. The fraction of sp³-hybridized carbons (Fsp3) is 0.381. The van der Waals surface area contributed by atoms with Crippen molar-refractivity contribution in [3.8, 4) is 0 Å². The van der Waals surface area contributed by atoms with Gasteiger partial charge in [0.05, 0.1) is 17.8 Å². The van der Waals surface area contributed by atoms with Crippen molar-refractivity contribution in [3.63, 3.8) is 0 Å². The van der Waals surface area contributed by atoms with Gasteiger partial charge in [-0.15, -0.1) is 0 Å². The number of ether oxygens (including phenoxy) is 1. The maximum Gasteiger partial charge on any atom is 0.408 e. The zero-order valence-electron chi connectivity index (χ0n) is 16.5. The Morgan fingerprint density at radius 3 is 2.81 bits per heavy atom. The topological polar surface area (TPSA) is 60.2 Å². The van der Waals surface area contributed by atoms with Crippen molar-refractivity contribution < 1.29 is 22.7 Å². The van der Waals surface area contributed by atoms with Crippen LogP contribution in [0.4, 0.5) is 13.2 Å². The molecule has 6 nitrogen and oxygen atoms in total. The third-order valence-electron chi connectivity index (χ3n) is 5.03. The molecule has 31 heavy (non-hydrogen) atoms. The van der Waals surface area contributed by atoms with Gasteiger partial charge in [0.1, 0.15) is 12.2 Å². The summed E-state index contributed by atoms with van der Waals surface area (Å²) in [7, 11) is 0. The molecule has 0 bridgehead atoms. The Hall–Kier alpha value is -2.65. The van der Waals surface area contributed by atoms with Crippen LogP contribution < -0.4 is 0 Å². The van der Waals surface area contributed by atoms with Crippen molar-refractivity contribution in [1.82, 2.24) is 19.7 Å². The number of carbonyl (C=O) groups excluding carboxylic acids is 1. The van der Waals surface area contributed by atoms with Crippen LogP contribution in [0.1, 0.15) is 28.2 Å². The molecular formula is C21H20ClF3N4O2. The van der Waals surface area contributed by atoms with Crippen molar-refractivity contribution >= 4 is 28.4 Å². The summed E-state index contributed by atoms with van der Waals surface area (Å²) in [5.41, 5.74) is 1.57. The van der Waals surface area contributed by atoms with Crippen LogP contribution in [0.25, 0.3) is 10.9 Å². The summed E-state index contributed by atoms with van der Waals surface area (Å²) in [5.74, 6) is -0.330. The average Bonchev–Trinajstić information content (AvgIpc) is 2.89. The molecule has 2 aromatic heterocycles. The Balaban J connectivity index is 1.72. The second-order valence-corrected chi connectivity index (χ2v) is 7.81. The third kappa shape index (κ3) is 5.16. The molecule has 0 radical (unpaired) electrons. The fourth-order valence-corrected chi connectivity index (χ4v) is 3.84. The zero-order chi connectivity index (χ0) is 22.0. The van der Waals surface area contributed by atoms with E-state index in [1.807, 2.05) is 6.07 Å². The van der Waals surface area contributed by atoms with Crippen LogP contribution in [0.3, 0.4) is 0 Å². The van der Waals surface area contributed by atoms with Crippen molar-refractivity contribution in [2.24, 2.45) is 0 Å². The molecule has 0 aliphatic carbocycles. The summed E-state index contributed by atoms with van der Waals surface area (Å²) < 4.78 is 45.8. The van der Waals surface area contributed by atoms with E-state index in [9.17, 15) is 18.0 Å². The summed E-state index contributed by atoms with van der Waals surface area (Å²) in [6.45, 7) is 0.667. The number of carbonyl (C=O) groups is 1. The lowest BCUT2D eigenvalue weighted by Gasteiger charge is -2.19. The second kappa shape index (κ2) is 8.84. The maximum atomic E-state index is 13.2. The first-order valence-corrected chi connectivity index (χ1v) is 10.2. The Labute approximate surface area is 181 Å². The molecule has 1 aliphatic heterocycles. The van der Waals surface area contributed by atoms with E-state index in [0.29, 0.717) is 55.2 Å². The molecule has 1 fully saturated rings. The molecule has 0 spiro atoms. The molecule has 1 aliphatic rings. The monoisotopic (exact) mass is 452 g/mol. The number of fused-ring (bicyclic) bond motifs is 1.